The summed E-state index contributed by atoms with van der Waals surface area (Å²) in [6.45, 7) is -0.242. The first-order valence-corrected chi connectivity index (χ1v) is 10.1. The molecule has 0 spiro atoms. The molecule has 0 aliphatic carbocycles. The first-order chi connectivity index (χ1) is 15.4. The third-order valence-corrected chi connectivity index (χ3v) is 5.40. The number of methoxy groups -OCH3 is 2. The van der Waals surface area contributed by atoms with E-state index in [1.807, 2.05) is 0 Å². The zero-order valence-electron chi connectivity index (χ0n) is 17.4. The number of Topliss-reactive ketones (excluding diaryl/α,β-unsaturated/α-hetero) is 1. The number of carbonyl (C=O) groups is 1. The molecule has 4 rings (SSSR count). The monoisotopic (exact) mass is 450 g/mol. The van der Waals surface area contributed by atoms with Crippen molar-refractivity contribution in [1.29, 1.82) is 0 Å². The highest BCUT2D eigenvalue weighted by atomic mass is 35.5. The highest BCUT2D eigenvalue weighted by Crippen LogP contribution is 2.28. The number of hydrogen-bond acceptors (Lipinski definition) is 5. The van der Waals surface area contributed by atoms with Gasteiger partial charge in [-0.05, 0) is 48.5 Å². The lowest BCUT2D eigenvalue weighted by Gasteiger charge is -2.15. The number of aromatic nitrogens is 2. The third-order valence-electron chi connectivity index (χ3n) is 5.14. The molecule has 0 radical (unpaired) electrons. The second-order valence-electron chi connectivity index (χ2n) is 7.00. The molecule has 0 saturated carbocycles. The molecule has 32 heavy (non-hydrogen) atoms. The van der Waals surface area contributed by atoms with Crippen LogP contribution in [-0.2, 0) is 6.54 Å². The van der Waals surface area contributed by atoms with Crippen LogP contribution in [0.15, 0.2) is 76.3 Å². The van der Waals surface area contributed by atoms with Crippen LogP contribution in [0.3, 0.4) is 0 Å². The molecule has 7 nitrogen and oxygen atoms in total. The smallest absolute Gasteiger partial charge is 0.336 e. The average Bonchev–Trinajstić information content (AvgIpc) is 2.82. The number of carbonyl (C=O) groups excluding carboxylic acids is 1. The van der Waals surface area contributed by atoms with Crippen LogP contribution in [0.25, 0.3) is 16.6 Å². The van der Waals surface area contributed by atoms with Gasteiger partial charge >= 0.3 is 5.69 Å². The Morgan fingerprint density at radius 3 is 2.28 bits per heavy atom. The largest absolute Gasteiger partial charge is 0.493 e. The highest BCUT2D eigenvalue weighted by molar-refractivity contribution is 6.30. The van der Waals surface area contributed by atoms with E-state index in [9.17, 15) is 14.4 Å². The summed E-state index contributed by atoms with van der Waals surface area (Å²) < 4.78 is 12.9. The number of halogens is 1. The lowest BCUT2D eigenvalue weighted by molar-refractivity contribution is 0.0971. The molecular formula is C24H19ClN2O5. The van der Waals surface area contributed by atoms with Crippen LogP contribution in [0.2, 0.25) is 5.02 Å². The standard InChI is InChI=1S/C24H19ClN2O5/c1-31-21-12-11-17(13-22(21)32-2)27-23(29)18-5-3-4-6-19(18)26(24(27)30)14-20(28)15-7-9-16(25)10-8-15/h3-13H,14H2,1-2H3. The second kappa shape index (κ2) is 8.72. The van der Waals surface area contributed by atoms with Crippen LogP contribution in [0.5, 0.6) is 11.5 Å². The van der Waals surface area contributed by atoms with Gasteiger partial charge in [0.05, 0.1) is 37.4 Å². The molecular weight excluding hydrogens is 432 g/mol. The molecule has 3 aromatic carbocycles. The molecule has 0 bridgehead atoms. The number of para-hydroxylation sites is 1. The van der Waals surface area contributed by atoms with E-state index in [1.165, 1.54) is 18.8 Å². The van der Waals surface area contributed by atoms with E-state index in [-0.39, 0.29) is 12.3 Å². The topological polar surface area (TPSA) is 79.5 Å². The Morgan fingerprint density at radius 2 is 1.59 bits per heavy atom. The molecule has 0 aliphatic rings. The first-order valence-electron chi connectivity index (χ1n) is 9.70. The molecule has 0 unspecified atom stereocenters. The molecule has 0 amide bonds. The zero-order valence-corrected chi connectivity index (χ0v) is 18.1. The minimum absolute atomic E-state index is 0.242. The number of hydrogen-bond donors (Lipinski definition) is 0. The van der Waals surface area contributed by atoms with E-state index in [0.717, 1.165) is 4.57 Å². The van der Waals surface area contributed by atoms with Gasteiger partial charge < -0.3 is 9.47 Å². The lowest BCUT2D eigenvalue weighted by Crippen LogP contribution is -2.40. The molecule has 0 N–H and O–H groups in total. The van der Waals surface area contributed by atoms with Crippen LogP contribution >= 0.6 is 11.6 Å². The van der Waals surface area contributed by atoms with Gasteiger partial charge in [0.1, 0.15) is 0 Å². The summed E-state index contributed by atoms with van der Waals surface area (Å²) in [7, 11) is 2.96. The number of ether oxygens (including phenoxy) is 2. The predicted octanol–water partition coefficient (Wildman–Crippen LogP) is 3.71. The minimum atomic E-state index is -0.636. The van der Waals surface area contributed by atoms with Crippen molar-refractivity contribution in [3.05, 3.63) is 98.2 Å². The molecule has 162 valence electrons. The van der Waals surface area contributed by atoms with Crippen LogP contribution in [0.4, 0.5) is 0 Å². The summed E-state index contributed by atoms with van der Waals surface area (Å²) in [5, 5.41) is 0.817. The van der Waals surface area contributed by atoms with Gasteiger partial charge in [-0.2, -0.15) is 0 Å². The zero-order chi connectivity index (χ0) is 22.8. The van der Waals surface area contributed by atoms with Gasteiger partial charge in [0, 0.05) is 16.7 Å². The van der Waals surface area contributed by atoms with Gasteiger partial charge in [0.2, 0.25) is 0 Å². The fourth-order valence-corrected chi connectivity index (χ4v) is 3.66. The first kappa shape index (κ1) is 21.4. The highest BCUT2D eigenvalue weighted by Gasteiger charge is 2.18. The summed E-state index contributed by atoms with van der Waals surface area (Å²) in [4.78, 5) is 39.6. The Kier molecular flexibility index (Phi) is 5.83. The summed E-state index contributed by atoms with van der Waals surface area (Å²) in [6, 6.07) is 17.9. The second-order valence-corrected chi connectivity index (χ2v) is 7.43. The number of fused-ring (bicyclic) bond motifs is 1. The average molecular weight is 451 g/mol. The van der Waals surface area contributed by atoms with Crippen LogP contribution in [0.1, 0.15) is 10.4 Å². The van der Waals surface area contributed by atoms with Gasteiger partial charge in [0.25, 0.3) is 5.56 Å². The van der Waals surface area contributed by atoms with Gasteiger partial charge in [0.15, 0.2) is 17.3 Å². The van der Waals surface area contributed by atoms with E-state index in [0.29, 0.717) is 38.7 Å². The van der Waals surface area contributed by atoms with Crippen LogP contribution in [-0.4, -0.2) is 29.1 Å². The normalized spacial score (nSPS) is 10.8. The van der Waals surface area contributed by atoms with Crippen molar-refractivity contribution < 1.29 is 14.3 Å². The maximum absolute atomic E-state index is 13.5. The molecule has 0 saturated heterocycles. The van der Waals surface area contributed by atoms with E-state index in [1.54, 1.807) is 66.7 Å². The maximum atomic E-state index is 13.5. The van der Waals surface area contributed by atoms with Gasteiger partial charge in [-0.1, -0.05) is 23.7 Å². The number of benzene rings is 3. The summed E-state index contributed by atoms with van der Waals surface area (Å²) in [5.74, 6) is 0.544. The Bertz CT molecular complexity index is 1440. The SMILES string of the molecule is COc1ccc(-n2c(=O)c3ccccc3n(CC(=O)c3ccc(Cl)cc3)c2=O)cc1OC. The van der Waals surface area contributed by atoms with Crippen LogP contribution < -0.4 is 20.7 Å². The van der Waals surface area contributed by atoms with Crippen molar-refractivity contribution in [3.63, 3.8) is 0 Å². The van der Waals surface area contributed by atoms with Crippen molar-refractivity contribution >= 4 is 28.3 Å². The fourth-order valence-electron chi connectivity index (χ4n) is 3.54. The number of nitrogens with zero attached hydrogens (tertiary/aromatic N) is 2. The molecule has 0 aliphatic heterocycles. The molecule has 4 aromatic rings. The lowest BCUT2D eigenvalue weighted by atomic mass is 10.1. The Hall–Kier alpha value is -3.84. The van der Waals surface area contributed by atoms with Gasteiger partial charge in [-0.15, -0.1) is 0 Å². The Morgan fingerprint density at radius 1 is 0.906 bits per heavy atom. The van der Waals surface area contributed by atoms with Gasteiger partial charge in [-0.3, -0.25) is 14.2 Å². The molecule has 8 heteroatoms. The maximum Gasteiger partial charge on any atom is 0.336 e. The summed E-state index contributed by atoms with van der Waals surface area (Å²) >= 11 is 5.91. The van der Waals surface area contributed by atoms with Crippen molar-refractivity contribution in [1.82, 2.24) is 9.13 Å². The van der Waals surface area contributed by atoms with Crippen molar-refractivity contribution in [2.24, 2.45) is 0 Å². The summed E-state index contributed by atoms with van der Waals surface area (Å²) in [5.41, 5.74) is -0.0388. The summed E-state index contributed by atoms with van der Waals surface area (Å²) in [6.07, 6.45) is 0. The molecule has 0 fully saturated rings. The van der Waals surface area contributed by atoms with Crippen molar-refractivity contribution in [2.45, 2.75) is 6.54 Å². The van der Waals surface area contributed by atoms with Gasteiger partial charge in [-0.25, -0.2) is 9.36 Å². The quantitative estimate of drug-likeness (QED) is 0.418. The number of ketones is 1. The number of rotatable bonds is 6. The van der Waals surface area contributed by atoms with Crippen LogP contribution in [0, 0.1) is 0 Å². The van der Waals surface area contributed by atoms with E-state index < -0.39 is 11.2 Å². The van der Waals surface area contributed by atoms with Crippen molar-refractivity contribution in [3.8, 4) is 17.2 Å². The Balaban J connectivity index is 1.92. The molecule has 0 atom stereocenters. The van der Waals surface area contributed by atoms with E-state index >= 15 is 0 Å². The predicted molar refractivity (Wildman–Crippen MR) is 123 cm³/mol. The van der Waals surface area contributed by atoms with Crippen molar-refractivity contribution in [2.75, 3.05) is 14.2 Å². The molecule has 1 aromatic heterocycles. The Labute approximate surface area is 188 Å². The van der Waals surface area contributed by atoms with E-state index in [2.05, 4.69) is 0 Å². The minimum Gasteiger partial charge on any atom is -0.493 e. The van der Waals surface area contributed by atoms with E-state index in [4.69, 9.17) is 21.1 Å². The fraction of sp³-hybridized carbons (Fsp3) is 0.125. The third kappa shape index (κ3) is 3.78. The molecule has 1 heterocycles.